The fourth-order valence-electron chi connectivity index (χ4n) is 7.52. The van der Waals surface area contributed by atoms with E-state index in [0.717, 1.165) is 12.8 Å². The lowest BCUT2D eigenvalue weighted by Gasteiger charge is -2.32. The van der Waals surface area contributed by atoms with Gasteiger partial charge in [0.05, 0.1) is 69.7 Å². The Morgan fingerprint density at radius 3 is 1.91 bits per heavy atom. The van der Waals surface area contributed by atoms with Crippen molar-refractivity contribution in [3.8, 4) is 23.8 Å². The number of fused-ring (bicyclic) bond motifs is 2. The van der Waals surface area contributed by atoms with E-state index in [2.05, 4.69) is 48.4 Å². The van der Waals surface area contributed by atoms with Crippen molar-refractivity contribution in [3.63, 3.8) is 0 Å². The van der Waals surface area contributed by atoms with E-state index in [4.69, 9.17) is 9.72 Å². The summed E-state index contributed by atoms with van der Waals surface area (Å²) in [4.78, 5) is 45.6. The highest BCUT2D eigenvalue weighted by Gasteiger charge is 2.33. The number of amides is 2. The minimum absolute atomic E-state index is 0.123. The monoisotopic (exact) mass is 886 g/mol. The summed E-state index contributed by atoms with van der Waals surface area (Å²) in [6.45, 7) is 4.74. The molecule has 0 aromatic carbocycles. The van der Waals surface area contributed by atoms with Gasteiger partial charge in [-0.1, -0.05) is 0 Å². The summed E-state index contributed by atoms with van der Waals surface area (Å²) in [5, 5.41) is 52.9. The van der Waals surface area contributed by atoms with Crippen molar-refractivity contribution in [3.05, 3.63) is 95.3 Å². The molecule has 7 heterocycles. The molecule has 2 fully saturated rings. The van der Waals surface area contributed by atoms with E-state index in [0.29, 0.717) is 81.3 Å². The van der Waals surface area contributed by atoms with E-state index < -0.39 is 54.6 Å². The van der Waals surface area contributed by atoms with Crippen LogP contribution in [0.15, 0.2) is 67.4 Å². The normalized spacial score (nSPS) is 17.5. The van der Waals surface area contributed by atoms with Crippen LogP contribution in [0.1, 0.15) is 97.0 Å². The van der Waals surface area contributed by atoms with Crippen molar-refractivity contribution in [2.45, 2.75) is 95.1 Å². The number of alkyl halides is 2. The van der Waals surface area contributed by atoms with Gasteiger partial charge in [0.15, 0.2) is 0 Å². The second-order valence-corrected chi connectivity index (χ2v) is 17.6. The summed E-state index contributed by atoms with van der Waals surface area (Å²) in [5.74, 6) is -0.368. The van der Waals surface area contributed by atoms with Crippen LogP contribution in [0.4, 0.5) is 20.2 Å². The van der Waals surface area contributed by atoms with Gasteiger partial charge in [-0.15, -0.1) is 0 Å². The fourth-order valence-corrected chi connectivity index (χ4v) is 7.52. The Kier molecular flexibility index (Phi) is 12.2. The molecule has 0 bridgehead atoms. The van der Waals surface area contributed by atoms with Gasteiger partial charge in [-0.2, -0.15) is 10.5 Å². The zero-order valence-corrected chi connectivity index (χ0v) is 36.1. The maximum absolute atomic E-state index is 14.8. The van der Waals surface area contributed by atoms with Gasteiger partial charge in [-0.05, 0) is 77.6 Å². The number of carbonyl (C=O) groups is 2. The van der Waals surface area contributed by atoms with Gasteiger partial charge in [0, 0.05) is 72.6 Å². The van der Waals surface area contributed by atoms with Gasteiger partial charge in [-0.25, -0.2) is 28.7 Å². The molecule has 1 aliphatic carbocycles. The summed E-state index contributed by atoms with van der Waals surface area (Å²) < 4.78 is 39.4. The first kappa shape index (κ1) is 44.5. The third kappa shape index (κ3) is 9.72. The van der Waals surface area contributed by atoms with Crippen molar-refractivity contribution >= 4 is 45.3 Å². The van der Waals surface area contributed by atoms with Gasteiger partial charge < -0.3 is 36.2 Å². The lowest BCUT2D eigenvalue weighted by atomic mass is 9.99. The van der Waals surface area contributed by atoms with E-state index in [1.165, 1.54) is 52.5 Å². The standard InChI is InChI=1S/C46H48F2N12O5/c1-45(2,63)37(47)23-55-43(61)31-21-51-39(59-9-7-27-11-25(17-49)19-53-41(27)59)15-33(31)58-30-8-10-65-36(14-30)35-13-28-12-26(18-50)20-54-42(28)60(35)40-16-34(57-29-5-6-29)32(22-52-40)44(62)56-24-38(48)46(3,4)64/h7,9,11-13,15-16,19-22,29-30,36-38,63-64H,5-6,8,10,14,23-24H2,1-4H3,(H,51,58)(H,52,57)(H,55,61)(H,56,62). The van der Waals surface area contributed by atoms with Crippen molar-refractivity contribution in [2.75, 3.05) is 30.3 Å². The van der Waals surface area contributed by atoms with Gasteiger partial charge >= 0.3 is 0 Å². The number of carbonyl (C=O) groups excluding carboxylic acids is 2. The molecule has 0 radical (unpaired) electrons. The minimum Gasteiger partial charge on any atom is -0.387 e. The Labute approximate surface area is 372 Å². The number of aliphatic hydroxyl groups is 2. The van der Waals surface area contributed by atoms with Crippen LogP contribution in [-0.2, 0) is 4.74 Å². The number of hydrogen-bond donors (Lipinski definition) is 6. The van der Waals surface area contributed by atoms with Gasteiger partial charge in [0.1, 0.15) is 47.4 Å². The quantitative estimate of drug-likeness (QED) is 0.0750. The number of rotatable bonds is 15. The molecule has 65 heavy (non-hydrogen) atoms. The average Bonchev–Trinajstić information content (AvgIpc) is 3.87. The molecule has 19 heteroatoms. The molecule has 1 aliphatic heterocycles. The zero-order valence-electron chi connectivity index (χ0n) is 36.1. The molecule has 1 saturated carbocycles. The largest absolute Gasteiger partial charge is 0.387 e. The maximum Gasteiger partial charge on any atom is 0.255 e. The average molecular weight is 887 g/mol. The highest BCUT2D eigenvalue weighted by Crippen LogP contribution is 2.37. The topological polar surface area (TPSA) is 241 Å². The zero-order chi connectivity index (χ0) is 46.2. The number of anilines is 2. The highest BCUT2D eigenvalue weighted by molar-refractivity contribution is 6.00. The van der Waals surface area contributed by atoms with E-state index >= 15 is 0 Å². The Balaban J connectivity index is 1.13. The van der Waals surface area contributed by atoms with Gasteiger partial charge in [0.2, 0.25) is 0 Å². The summed E-state index contributed by atoms with van der Waals surface area (Å²) >= 11 is 0. The summed E-state index contributed by atoms with van der Waals surface area (Å²) in [7, 11) is 0. The predicted octanol–water partition coefficient (Wildman–Crippen LogP) is 5.48. The molecule has 2 aliphatic rings. The molecule has 6 N–H and O–H groups in total. The van der Waals surface area contributed by atoms with Crippen molar-refractivity contribution in [1.82, 2.24) is 39.7 Å². The molecule has 2 amide bonds. The third-order valence-corrected chi connectivity index (χ3v) is 11.5. The molecule has 4 unspecified atom stereocenters. The van der Waals surface area contributed by atoms with Crippen molar-refractivity contribution < 1.29 is 33.3 Å². The summed E-state index contributed by atoms with van der Waals surface area (Å²) in [6, 6.07) is 14.6. The number of ether oxygens (including phenoxy) is 1. The van der Waals surface area contributed by atoms with E-state index in [-0.39, 0.29) is 23.2 Å². The second-order valence-electron chi connectivity index (χ2n) is 17.6. The van der Waals surface area contributed by atoms with Crippen molar-refractivity contribution in [1.29, 1.82) is 10.5 Å². The first-order chi connectivity index (χ1) is 31.0. The van der Waals surface area contributed by atoms with Crippen LogP contribution in [-0.4, -0.2) is 106 Å². The fraction of sp³-hybridized carbons (Fsp3) is 0.391. The van der Waals surface area contributed by atoms with Crippen LogP contribution < -0.4 is 21.3 Å². The Hall–Kier alpha value is -7.06. The lowest BCUT2D eigenvalue weighted by molar-refractivity contribution is -0.00209. The van der Waals surface area contributed by atoms with Crippen LogP contribution >= 0.6 is 0 Å². The summed E-state index contributed by atoms with van der Waals surface area (Å²) in [5.41, 5.74) is 0.247. The molecule has 8 rings (SSSR count). The van der Waals surface area contributed by atoms with Gasteiger partial charge in [-0.3, -0.25) is 18.7 Å². The van der Waals surface area contributed by atoms with Crippen LogP contribution in [0, 0.1) is 22.7 Å². The van der Waals surface area contributed by atoms with Crippen LogP contribution in [0.5, 0.6) is 0 Å². The summed E-state index contributed by atoms with van der Waals surface area (Å²) in [6.07, 6.45) is 6.12. The first-order valence-electron chi connectivity index (χ1n) is 21.2. The van der Waals surface area contributed by atoms with Gasteiger partial charge in [0.25, 0.3) is 11.8 Å². The van der Waals surface area contributed by atoms with E-state index in [9.17, 15) is 39.1 Å². The molecular weight excluding hydrogens is 839 g/mol. The van der Waals surface area contributed by atoms with Crippen LogP contribution in [0.25, 0.3) is 33.7 Å². The number of nitrogens with zero attached hydrogens (tertiary/aromatic N) is 8. The number of hydrogen-bond acceptors (Lipinski definition) is 13. The molecule has 6 aromatic rings. The third-order valence-electron chi connectivity index (χ3n) is 11.5. The van der Waals surface area contributed by atoms with Crippen LogP contribution in [0.3, 0.4) is 0 Å². The molecule has 17 nitrogen and oxygen atoms in total. The Morgan fingerprint density at radius 2 is 1.32 bits per heavy atom. The smallest absolute Gasteiger partial charge is 0.255 e. The highest BCUT2D eigenvalue weighted by atomic mass is 19.1. The SMILES string of the molecule is CC(C)(O)C(F)CNC(=O)c1cnc(-n2c(C3CC(Nc4cc(-n5ccc6cc(C#N)cnc65)ncc4C(=O)NCC(F)C(C)(C)O)CCO3)cc3cc(C#N)cnc32)cc1NC1CC1. The second kappa shape index (κ2) is 17.8. The number of nitriles is 2. The molecular formula is C46H48F2N12O5. The number of aromatic nitrogens is 6. The molecule has 6 aromatic heterocycles. The number of halogens is 2. The van der Waals surface area contributed by atoms with Crippen LogP contribution in [0.2, 0.25) is 0 Å². The maximum atomic E-state index is 14.8. The number of pyridine rings is 4. The predicted molar refractivity (Wildman–Crippen MR) is 236 cm³/mol. The molecule has 0 spiro atoms. The first-order valence-corrected chi connectivity index (χ1v) is 21.2. The van der Waals surface area contributed by atoms with Crippen molar-refractivity contribution in [2.24, 2.45) is 0 Å². The van der Waals surface area contributed by atoms with E-state index in [1.807, 2.05) is 10.6 Å². The Bertz CT molecular complexity index is 2870. The van der Waals surface area contributed by atoms with E-state index in [1.54, 1.807) is 41.1 Å². The lowest BCUT2D eigenvalue weighted by Crippen LogP contribution is -2.42. The number of nitrogens with one attached hydrogen (secondary N) is 4. The molecule has 336 valence electrons. The Morgan fingerprint density at radius 1 is 0.769 bits per heavy atom. The molecule has 4 atom stereocenters. The molecule has 1 saturated heterocycles. The minimum atomic E-state index is -1.75.